The van der Waals surface area contributed by atoms with E-state index in [4.69, 9.17) is 5.73 Å². The van der Waals surface area contributed by atoms with Crippen LogP contribution in [0.4, 0.5) is 5.69 Å². The van der Waals surface area contributed by atoms with Crippen molar-refractivity contribution in [1.29, 1.82) is 0 Å². The van der Waals surface area contributed by atoms with Crippen LogP contribution in [0.5, 0.6) is 0 Å². The first-order chi connectivity index (χ1) is 6.18. The van der Waals surface area contributed by atoms with Crippen molar-refractivity contribution < 1.29 is 0 Å². The lowest BCUT2D eigenvalue weighted by atomic mass is 10.2. The van der Waals surface area contributed by atoms with Gasteiger partial charge in [-0.3, -0.25) is 0 Å². The van der Waals surface area contributed by atoms with E-state index in [2.05, 4.69) is 23.4 Å². The number of imidazole rings is 1. The lowest BCUT2D eigenvalue weighted by Crippen LogP contribution is -1.98. The Labute approximate surface area is 77.2 Å². The summed E-state index contributed by atoms with van der Waals surface area (Å²) in [7, 11) is 0. The molecular weight excluding hydrogens is 162 g/mol. The summed E-state index contributed by atoms with van der Waals surface area (Å²) in [4.78, 5) is 4.29. The van der Waals surface area contributed by atoms with Crippen molar-refractivity contribution in [1.82, 2.24) is 9.55 Å². The molecule has 0 radical (unpaired) electrons. The number of hydrogen-bond acceptors (Lipinski definition) is 2. The van der Waals surface area contributed by atoms with E-state index in [0.717, 1.165) is 16.7 Å². The molecule has 0 amide bonds. The molecule has 1 aromatic carbocycles. The molecule has 0 spiro atoms. The molecule has 2 N–H and O–H groups in total. The number of hydrogen-bond donors (Lipinski definition) is 1. The Morgan fingerprint density at radius 1 is 1.38 bits per heavy atom. The van der Waals surface area contributed by atoms with Crippen LogP contribution in [-0.2, 0) is 0 Å². The Kier molecular flexibility index (Phi) is 1.72. The molecule has 2 aromatic rings. The maximum atomic E-state index is 5.71. The van der Waals surface area contributed by atoms with E-state index in [1.54, 1.807) is 0 Å². The van der Waals surface area contributed by atoms with Crippen molar-refractivity contribution >= 4 is 16.7 Å². The highest BCUT2D eigenvalue weighted by atomic mass is 15.1. The van der Waals surface area contributed by atoms with Gasteiger partial charge in [0.05, 0.1) is 17.4 Å². The molecule has 2 rings (SSSR count). The molecule has 13 heavy (non-hydrogen) atoms. The van der Waals surface area contributed by atoms with Gasteiger partial charge in [-0.25, -0.2) is 4.98 Å². The average molecular weight is 175 g/mol. The summed E-state index contributed by atoms with van der Waals surface area (Å²) in [6.45, 7) is 4.26. The van der Waals surface area contributed by atoms with Gasteiger partial charge in [0.2, 0.25) is 0 Å². The standard InChI is InChI=1S/C10H13N3/c1-7(2)13-6-12-9-4-3-8(11)5-10(9)13/h3-7H,11H2,1-2H3. The normalized spacial score (nSPS) is 11.3. The highest BCUT2D eigenvalue weighted by Crippen LogP contribution is 2.19. The summed E-state index contributed by atoms with van der Waals surface area (Å²) < 4.78 is 2.12. The molecule has 0 aliphatic heterocycles. The van der Waals surface area contributed by atoms with Gasteiger partial charge in [-0.15, -0.1) is 0 Å². The lowest BCUT2D eigenvalue weighted by molar-refractivity contribution is 0.617. The van der Waals surface area contributed by atoms with Crippen molar-refractivity contribution in [2.45, 2.75) is 19.9 Å². The third-order valence-corrected chi connectivity index (χ3v) is 2.16. The summed E-state index contributed by atoms with van der Waals surface area (Å²) in [5, 5.41) is 0. The summed E-state index contributed by atoms with van der Waals surface area (Å²) in [5.74, 6) is 0. The van der Waals surface area contributed by atoms with Crippen molar-refractivity contribution in [2.24, 2.45) is 0 Å². The fourth-order valence-corrected chi connectivity index (χ4v) is 1.45. The van der Waals surface area contributed by atoms with Crippen molar-refractivity contribution in [3.05, 3.63) is 24.5 Å². The second kappa shape index (κ2) is 2.76. The molecule has 0 saturated carbocycles. The highest BCUT2D eigenvalue weighted by Gasteiger charge is 2.04. The molecule has 1 aromatic heterocycles. The molecule has 0 atom stereocenters. The van der Waals surface area contributed by atoms with Gasteiger partial charge in [0.1, 0.15) is 0 Å². The van der Waals surface area contributed by atoms with Crippen molar-refractivity contribution in [3.63, 3.8) is 0 Å². The number of rotatable bonds is 1. The van der Waals surface area contributed by atoms with Gasteiger partial charge in [-0.2, -0.15) is 0 Å². The average Bonchev–Trinajstić information content (AvgIpc) is 2.46. The number of anilines is 1. The van der Waals surface area contributed by atoms with Crippen LogP contribution in [0.1, 0.15) is 19.9 Å². The van der Waals surface area contributed by atoms with Crippen LogP contribution in [-0.4, -0.2) is 9.55 Å². The molecule has 3 nitrogen and oxygen atoms in total. The van der Waals surface area contributed by atoms with Crippen molar-refractivity contribution in [3.8, 4) is 0 Å². The maximum absolute atomic E-state index is 5.71. The summed E-state index contributed by atoms with van der Waals surface area (Å²) in [6, 6.07) is 6.21. The first-order valence-electron chi connectivity index (χ1n) is 4.40. The highest BCUT2D eigenvalue weighted by molar-refractivity contribution is 5.79. The van der Waals surface area contributed by atoms with E-state index in [0.29, 0.717) is 6.04 Å². The minimum absolute atomic E-state index is 0.423. The quantitative estimate of drug-likeness (QED) is 0.675. The number of nitrogen functional groups attached to an aromatic ring is 1. The number of nitrogens with zero attached hydrogens (tertiary/aromatic N) is 2. The smallest absolute Gasteiger partial charge is 0.0960 e. The molecule has 0 aliphatic rings. The van der Waals surface area contributed by atoms with Gasteiger partial charge in [0, 0.05) is 11.7 Å². The second-order valence-electron chi connectivity index (χ2n) is 3.49. The summed E-state index contributed by atoms with van der Waals surface area (Å²) in [6.07, 6.45) is 1.86. The topological polar surface area (TPSA) is 43.8 Å². The van der Waals surface area contributed by atoms with Gasteiger partial charge in [-0.1, -0.05) is 0 Å². The fourth-order valence-electron chi connectivity index (χ4n) is 1.45. The molecule has 0 fully saturated rings. The predicted molar refractivity (Wildman–Crippen MR) is 54.5 cm³/mol. The van der Waals surface area contributed by atoms with E-state index in [1.165, 1.54) is 0 Å². The summed E-state index contributed by atoms with van der Waals surface area (Å²) >= 11 is 0. The third-order valence-electron chi connectivity index (χ3n) is 2.16. The van der Waals surface area contributed by atoms with Gasteiger partial charge in [0.15, 0.2) is 0 Å². The van der Waals surface area contributed by atoms with E-state index in [9.17, 15) is 0 Å². The number of fused-ring (bicyclic) bond motifs is 1. The Balaban J connectivity index is 2.71. The Bertz CT molecular complexity index is 429. The first-order valence-corrected chi connectivity index (χ1v) is 4.40. The minimum Gasteiger partial charge on any atom is -0.399 e. The molecule has 1 heterocycles. The minimum atomic E-state index is 0.423. The van der Waals surface area contributed by atoms with Crippen LogP contribution in [0.25, 0.3) is 11.0 Å². The SMILES string of the molecule is CC(C)n1cnc2ccc(N)cc21. The van der Waals surface area contributed by atoms with Crippen LogP contribution < -0.4 is 5.73 Å². The Morgan fingerprint density at radius 2 is 2.15 bits per heavy atom. The van der Waals surface area contributed by atoms with Crippen LogP contribution in [0, 0.1) is 0 Å². The zero-order valence-electron chi connectivity index (χ0n) is 7.86. The molecule has 68 valence electrons. The van der Waals surface area contributed by atoms with E-state index >= 15 is 0 Å². The van der Waals surface area contributed by atoms with Crippen LogP contribution in [0.15, 0.2) is 24.5 Å². The van der Waals surface area contributed by atoms with Crippen LogP contribution in [0.3, 0.4) is 0 Å². The Hall–Kier alpha value is -1.51. The first kappa shape index (κ1) is 8.10. The van der Waals surface area contributed by atoms with Gasteiger partial charge in [0.25, 0.3) is 0 Å². The predicted octanol–water partition coefficient (Wildman–Crippen LogP) is 2.20. The Morgan fingerprint density at radius 3 is 2.85 bits per heavy atom. The molecule has 0 unspecified atom stereocenters. The second-order valence-corrected chi connectivity index (χ2v) is 3.49. The summed E-state index contributed by atoms with van der Waals surface area (Å²) in [5.41, 5.74) is 8.61. The van der Waals surface area contributed by atoms with E-state index < -0.39 is 0 Å². The molecule has 0 aliphatic carbocycles. The third kappa shape index (κ3) is 1.26. The van der Waals surface area contributed by atoms with Gasteiger partial charge < -0.3 is 10.3 Å². The molecule has 0 bridgehead atoms. The molecule has 3 heteroatoms. The zero-order chi connectivity index (χ0) is 9.42. The maximum Gasteiger partial charge on any atom is 0.0960 e. The van der Waals surface area contributed by atoms with E-state index in [1.807, 2.05) is 24.5 Å². The van der Waals surface area contributed by atoms with Crippen LogP contribution in [0.2, 0.25) is 0 Å². The van der Waals surface area contributed by atoms with Crippen molar-refractivity contribution in [2.75, 3.05) is 5.73 Å². The van der Waals surface area contributed by atoms with Gasteiger partial charge in [-0.05, 0) is 32.0 Å². The molecule has 0 saturated heterocycles. The zero-order valence-corrected chi connectivity index (χ0v) is 7.86. The fraction of sp³-hybridized carbons (Fsp3) is 0.300. The van der Waals surface area contributed by atoms with Crippen LogP contribution >= 0.6 is 0 Å². The number of aromatic nitrogens is 2. The number of benzene rings is 1. The lowest BCUT2D eigenvalue weighted by Gasteiger charge is -2.07. The number of nitrogens with two attached hydrogens (primary N) is 1. The largest absolute Gasteiger partial charge is 0.399 e. The van der Waals surface area contributed by atoms with E-state index in [-0.39, 0.29) is 0 Å². The van der Waals surface area contributed by atoms with Gasteiger partial charge >= 0.3 is 0 Å². The monoisotopic (exact) mass is 175 g/mol. The molecular formula is C10H13N3.